The molecular formula is C6H6O4S. The number of aromatic hydroxyl groups is 1. The van der Waals surface area contributed by atoms with E-state index in [-0.39, 0.29) is 11.5 Å². The summed E-state index contributed by atoms with van der Waals surface area (Å²) in [6.07, 6.45) is 0. The number of hydrogen-bond donors (Lipinski definition) is 2. The molecule has 0 bridgehead atoms. The fourth-order valence-electron chi connectivity index (χ4n) is 0.618. The van der Waals surface area contributed by atoms with Crippen LogP contribution in [0, 0.1) is 0 Å². The van der Waals surface area contributed by atoms with E-state index in [9.17, 15) is 4.21 Å². The first-order valence-electron chi connectivity index (χ1n) is 2.77. The highest BCUT2D eigenvalue weighted by atomic mass is 32.2. The Morgan fingerprint density at radius 3 is 2.73 bits per heavy atom. The van der Waals surface area contributed by atoms with Gasteiger partial charge < -0.3 is 9.29 Å². The second kappa shape index (κ2) is 3.36. The minimum Gasteiger partial charge on any atom is -0.508 e. The Morgan fingerprint density at radius 1 is 1.45 bits per heavy atom. The summed E-state index contributed by atoms with van der Waals surface area (Å²) in [6, 6.07) is 5.66. The van der Waals surface area contributed by atoms with Gasteiger partial charge in [0.2, 0.25) is 0 Å². The lowest BCUT2D eigenvalue weighted by atomic mass is 10.3. The van der Waals surface area contributed by atoms with Gasteiger partial charge in [0.1, 0.15) is 11.5 Å². The molecular weight excluding hydrogens is 168 g/mol. The van der Waals surface area contributed by atoms with Crippen molar-refractivity contribution in [3.8, 4) is 11.5 Å². The molecule has 0 saturated heterocycles. The van der Waals surface area contributed by atoms with Gasteiger partial charge in [-0.25, -0.2) is 0 Å². The largest absolute Gasteiger partial charge is 0.508 e. The first-order valence-corrected chi connectivity index (χ1v) is 3.80. The van der Waals surface area contributed by atoms with Gasteiger partial charge in [-0.1, -0.05) is 6.07 Å². The molecule has 0 fully saturated rings. The van der Waals surface area contributed by atoms with E-state index in [4.69, 9.17) is 9.66 Å². The number of phenols is 1. The van der Waals surface area contributed by atoms with Crippen LogP contribution in [0.5, 0.6) is 11.5 Å². The molecule has 0 aliphatic carbocycles. The van der Waals surface area contributed by atoms with E-state index in [1.54, 1.807) is 0 Å². The highest BCUT2D eigenvalue weighted by Crippen LogP contribution is 2.17. The molecule has 0 amide bonds. The molecule has 1 atom stereocenters. The smallest absolute Gasteiger partial charge is 0.357 e. The van der Waals surface area contributed by atoms with Crippen molar-refractivity contribution in [2.75, 3.05) is 0 Å². The van der Waals surface area contributed by atoms with Crippen molar-refractivity contribution in [2.24, 2.45) is 0 Å². The number of phenolic OH excluding ortho intramolecular Hbond substituents is 1. The van der Waals surface area contributed by atoms with Crippen molar-refractivity contribution >= 4 is 11.4 Å². The highest BCUT2D eigenvalue weighted by Gasteiger charge is 1.97. The molecule has 1 rings (SSSR count). The molecule has 2 N–H and O–H groups in total. The van der Waals surface area contributed by atoms with Gasteiger partial charge >= 0.3 is 11.4 Å². The Hall–Kier alpha value is -1.07. The van der Waals surface area contributed by atoms with E-state index < -0.39 is 11.4 Å². The Bertz CT molecular complexity index is 273. The lowest BCUT2D eigenvalue weighted by Crippen LogP contribution is -1.96. The summed E-state index contributed by atoms with van der Waals surface area (Å²) in [7, 11) is 0. The summed E-state index contributed by atoms with van der Waals surface area (Å²) in [5, 5.41) is 8.87. The molecule has 1 aromatic carbocycles. The first kappa shape index (κ1) is 8.03. The quantitative estimate of drug-likeness (QED) is 0.654. The summed E-state index contributed by atoms with van der Waals surface area (Å²) in [4.78, 5) is 0. The first-order chi connectivity index (χ1) is 5.18. The third kappa shape index (κ3) is 2.57. The molecule has 0 aliphatic rings. The maximum absolute atomic E-state index is 10.1. The van der Waals surface area contributed by atoms with Crippen LogP contribution in [0.15, 0.2) is 24.3 Å². The Kier molecular flexibility index (Phi) is 2.45. The van der Waals surface area contributed by atoms with Crippen LogP contribution in [0.1, 0.15) is 0 Å². The van der Waals surface area contributed by atoms with E-state index in [0.717, 1.165) is 0 Å². The molecule has 60 valence electrons. The minimum atomic E-state index is -2.34. The average molecular weight is 174 g/mol. The van der Waals surface area contributed by atoms with Crippen molar-refractivity contribution in [3.05, 3.63) is 24.3 Å². The highest BCUT2D eigenvalue weighted by molar-refractivity contribution is 7.74. The summed E-state index contributed by atoms with van der Waals surface area (Å²) >= 11 is -2.34. The van der Waals surface area contributed by atoms with Gasteiger partial charge in [0, 0.05) is 6.07 Å². The lowest BCUT2D eigenvalue weighted by Gasteiger charge is -1.98. The fraction of sp³-hybridized carbons (Fsp3) is 0. The Balaban J connectivity index is 2.79. The topological polar surface area (TPSA) is 66.8 Å². The molecule has 0 radical (unpaired) electrons. The predicted octanol–water partition coefficient (Wildman–Crippen LogP) is 0.908. The molecule has 0 heterocycles. The third-order valence-electron chi connectivity index (χ3n) is 0.985. The van der Waals surface area contributed by atoms with Crippen molar-refractivity contribution in [1.29, 1.82) is 0 Å². The van der Waals surface area contributed by atoms with Crippen LogP contribution >= 0.6 is 0 Å². The molecule has 0 saturated carbocycles. The summed E-state index contributed by atoms with van der Waals surface area (Å²) < 4.78 is 22.7. The van der Waals surface area contributed by atoms with Crippen LogP contribution in [-0.4, -0.2) is 13.9 Å². The van der Waals surface area contributed by atoms with E-state index >= 15 is 0 Å². The Labute approximate surface area is 65.9 Å². The van der Waals surface area contributed by atoms with Crippen molar-refractivity contribution in [1.82, 2.24) is 0 Å². The zero-order valence-electron chi connectivity index (χ0n) is 5.43. The maximum atomic E-state index is 10.1. The molecule has 11 heavy (non-hydrogen) atoms. The van der Waals surface area contributed by atoms with Crippen LogP contribution in [0.4, 0.5) is 0 Å². The van der Waals surface area contributed by atoms with Gasteiger partial charge in [-0.3, -0.25) is 4.55 Å². The molecule has 1 aromatic rings. The van der Waals surface area contributed by atoms with Gasteiger partial charge in [-0.15, -0.1) is 0 Å². The van der Waals surface area contributed by atoms with Crippen LogP contribution in [0.2, 0.25) is 0 Å². The number of rotatable bonds is 2. The molecule has 0 spiro atoms. The zero-order chi connectivity index (χ0) is 8.27. The molecule has 0 aliphatic heterocycles. The van der Waals surface area contributed by atoms with Gasteiger partial charge in [-0.2, -0.15) is 4.21 Å². The average Bonchev–Trinajstić information content (AvgIpc) is 1.85. The standard InChI is InChI=1S/C6H6O4S/c7-5-2-1-3-6(4-5)10-11(8)9/h1-4,7H,(H,8,9). The summed E-state index contributed by atoms with van der Waals surface area (Å²) in [5.74, 6) is 0.152. The van der Waals surface area contributed by atoms with Crippen LogP contribution in [0.3, 0.4) is 0 Å². The zero-order valence-corrected chi connectivity index (χ0v) is 6.25. The Morgan fingerprint density at radius 2 is 2.18 bits per heavy atom. The van der Waals surface area contributed by atoms with E-state index in [2.05, 4.69) is 4.18 Å². The van der Waals surface area contributed by atoms with Gasteiger partial charge in [-0.05, 0) is 12.1 Å². The van der Waals surface area contributed by atoms with Crippen molar-refractivity contribution in [2.45, 2.75) is 0 Å². The molecule has 0 aromatic heterocycles. The van der Waals surface area contributed by atoms with E-state index in [1.165, 1.54) is 24.3 Å². The van der Waals surface area contributed by atoms with E-state index in [0.29, 0.717) is 0 Å². The van der Waals surface area contributed by atoms with Gasteiger partial charge in [0.25, 0.3) is 0 Å². The summed E-state index contributed by atoms with van der Waals surface area (Å²) in [5.41, 5.74) is 0. The summed E-state index contributed by atoms with van der Waals surface area (Å²) in [6.45, 7) is 0. The molecule has 5 heteroatoms. The number of benzene rings is 1. The lowest BCUT2D eigenvalue weighted by molar-refractivity contribution is 0.449. The second-order valence-electron chi connectivity index (χ2n) is 1.80. The predicted molar refractivity (Wildman–Crippen MR) is 39.5 cm³/mol. The van der Waals surface area contributed by atoms with Crippen LogP contribution < -0.4 is 4.18 Å². The van der Waals surface area contributed by atoms with Crippen molar-refractivity contribution < 1.29 is 18.1 Å². The third-order valence-corrected chi connectivity index (χ3v) is 1.32. The monoisotopic (exact) mass is 174 g/mol. The SMILES string of the molecule is O=S(O)Oc1cccc(O)c1. The van der Waals surface area contributed by atoms with Crippen molar-refractivity contribution in [3.63, 3.8) is 0 Å². The normalized spacial score (nSPS) is 12.5. The minimum absolute atomic E-state index is 0.00653. The van der Waals surface area contributed by atoms with E-state index in [1.807, 2.05) is 0 Å². The number of hydrogen-bond acceptors (Lipinski definition) is 3. The van der Waals surface area contributed by atoms with Gasteiger partial charge in [0.15, 0.2) is 0 Å². The second-order valence-corrected chi connectivity index (χ2v) is 2.40. The fourth-order valence-corrected chi connectivity index (χ4v) is 0.886. The molecule has 1 unspecified atom stereocenters. The van der Waals surface area contributed by atoms with Crippen LogP contribution in [-0.2, 0) is 11.4 Å². The molecule has 4 nitrogen and oxygen atoms in total. The van der Waals surface area contributed by atoms with Crippen LogP contribution in [0.25, 0.3) is 0 Å². The maximum Gasteiger partial charge on any atom is 0.357 e. The van der Waals surface area contributed by atoms with Gasteiger partial charge in [0.05, 0.1) is 0 Å².